The van der Waals surface area contributed by atoms with E-state index in [1.165, 1.54) is 24.0 Å². The third-order valence-corrected chi connectivity index (χ3v) is 6.11. The first-order valence-corrected chi connectivity index (χ1v) is 8.15. The number of aliphatic hydroxyl groups excluding tert-OH is 1. The molecule has 3 atom stereocenters. The molecule has 2 aliphatic carbocycles. The molecule has 2 heteroatoms. The number of hydrogen-bond donors (Lipinski definition) is 2. The Morgan fingerprint density at radius 3 is 2.20 bits per heavy atom. The Hall–Kier alpha value is -0.860. The van der Waals surface area contributed by atoms with E-state index in [9.17, 15) is 5.11 Å². The Labute approximate surface area is 122 Å². The van der Waals surface area contributed by atoms with Crippen LogP contribution in [0.5, 0.6) is 0 Å². The summed E-state index contributed by atoms with van der Waals surface area (Å²) in [4.78, 5) is 0. The van der Waals surface area contributed by atoms with Crippen molar-refractivity contribution in [2.75, 3.05) is 6.61 Å². The van der Waals surface area contributed by atoms with E-state index in [1.54, 1.807) is 0 Å². The van der Waals surface area contributed by atoms with Crippen molar-refractivity contribution in [1.82, 2.24) is 0 Å². The lowest BCUT2D eigenvalue weighted by molar-refractivity contribution is 0.0554. The van der Waals surface area contributed by atoms with Gasteiger partial charge in [-0.25, -0.2) is 0 Å². The minimum Gasteiger partial charge on any atom is -0.396 e. The van der Waals surface area contributed by atoms with Gasteiger partial charge in [-0.15, -0.1) is 0 Å². The Balaban J connectivity index is 2.02. The van der Waals surface area contributed by atoms with Crippen LogP contribution in [-0.4, -0.2) is 17.8 Å². The van der Waals surface area contributed by atoms with Crippen molar-refractivity contribution >= 4 is 0 Å². The molecule has 0 amide bonds. The molecule has 3 unspecified atom stereocenters. The fourth-order valence-corrected chi connectivity index (χ4v) is 5.12. The van der Waals surface area contributed by atoms with Gasteiger partial charge in [0.05, 0.1) is 0 Å². The number of nitrogens with two attached hydrogens (primary N) is 1. The highest BCUT2D eigenvalue weighted by atomic mass is 16.3. The van der Waals surface area contributed by atoms with E-state index in [4.69, 9.17) is 5.73 Å². The van der Waals surface area contributed by atoms with Crippen molar-refractivity contribution < 1.29 is 5.11 Å². The summed E-state index contributed by atoms with van der Waals surface area (Å²) in [6.45, 7) is 2.47. The first-order valence-electron chi connectivity index (χ1n) is 8.15. The Kier molecular flexibility index (Phi) is 3.87. The van der Waals surface area contributed by atoms with Gasteiger partial charge in [0.15, 0.2) is 0 Å². The predicted molar refractivity (Wildman–Crippen MR) is 82.5 cm³/mol. The summed E-state index contributed by atoms with van der Waals surface area (Å²) >= 11 is 0. The maximum atomic E-state index is 9.64. The van der Waals surface area contributed by atoms with Crippen molar-refractivity contribution in [1.29, 1.82) is 0 Å². The summed E-state index contributed by atoms with van der Waals surface area (Å²) in [5.41, 5.74) is 9.78. The molecule has 1 fully saturated rings. The van der Waals surface area contributed by atoms with Gasteiger partial charge in [0, 0.05) is 12.6 Å². The van der Waals surface area contributed by atoms with Crippen LogP contribution in [0.2, 0.25) is 0 Å². The number of benzene rings is 1. The summed E-state index contributed by atoms with van der Waals surface area (Å²) in [5.74, 6) is 1.30. The Bertz CT molecular complexity index is 437. The summed E-state index contributed by atoms with van der Waals surface area (Å²) in [6.07, 6.45) is 6.77. The average Bonchev–Trinajstić information content (AvgIpc) is 2.71. The van der Waals surface area contributed by atoms with Crippen LogP contribution in [0.15, 0.2) is 24.3 Å². The lowest BCUT2D eigenvalue weighted by Crippen LogP contribution is -2.49. The summed E-state index contributed by atoms with van der Waals surface area (Å²) in [6, 6.07) is 9.12. The van der Waals surface area contributed by atoms with Gasteiger partial charge in [-0.3, -0.25) is 0 Å². The molecule has 1 aromatic rings. The van der Waals surface area contributed by atoms with Crippen LogP contribution < -0.4 is 5.73 Å². The monoisotopic (exact) mass is 273 g/mol. The first-order chi connectivity index (χ1) is 9.72. The summed E-state index contributed by atoms with van der Waals surface area (Å²) in [5, 5.41) is 9.64. The lowest BCUT2D eigenvalue weighted by atomic mass is 9.63. The second-order valence-electron chi connectivity index (χ2n) is 6.75. The average molecular weight is 273 g/mol. The van der Waals surface area contributed by atoms with Crippen molar-refractivity contribution in [2.24, 2.45) is 23.0 Å². The lowest BCUT2D eigenvalue weighted by Gasteiger charge is -2.44. The van der Waals surface area contributed by atoms with Gasteiger partial charge in [0.2, 0.25) is 0 Å². The zero-order valence-electron chi connectivity index (χ0n) is 12.5. The number of rotatable bonds is 4. The van der Waals surface area contributed by atoms with Gasteiger partial charge < -0.3 is 10.8 Å². The molecule has 110 valence electrons. The van der Waals surface area contributed by atoms with Crippen LogP contribution in [0.3, 0.4) is 0 Å². The molecule has 2 bridgehead atoms. The molecule has 2 aliphatic rings. The van der Waals surface area contributed by atoms with Gasteiger partial charge in [-0.05, 0) is 66.9 Å². The molecule has 0 spiro atoms. The van der Waals surface area contributed by atoms with Crippen molar-refractivity contribution in [3.8, 4) is 0 Å². The molecule has 1 saturated carbocycles. The van der Waals surface area contributed by atoms with Gasteiger partial charge in [0.1, 0.15) is 0 Å². The standard InChI is InChI=1S/C18H27NO/c1-2-17(19)18(9-10-20)15-7-8-16(18)12-14-6-4-3-5-13(14)11-15/h3-6,15-17,20H,2,7-12,19H2,1H3. The second-order valence-corrected chi connectivity index (χ2v) is 6.75. The first kappa shape index (κ1) is 14.1. The SMILES string of the molecule is CCC(N)C1(CCO)C2CCC1Cc1ccccc1C2. The van der Waals surface area contributed by atoms with E-state index >= 15 is 0 Å². The fraction of sp³-hybridized carbons (Fsp3) is 0.667. The molecule has 0 aromatic heterocycles. The van der Waals surface area contributed by atoms with Crippen LogP contribution in [0, 0.1) is 17.3 Å². The minimum absolute atomic E-state index is 0.155. The molecule has 0 heterocycles. The third-order valence-electron chi connectivity index (χ3n) is 6.11. The van der Waals surface area contributed by atoms with E-state index in [2.05, 4.69) is 31.2 Å². The van der Waals surface area contributed by atoms with Crippen molar-refractivity contribution in [3.05, 3.63) is 35.4 Å². The van der Waals surface area contributed by atoms with Gasteiger partial charge in [0.25, 0.3) is 0 Å². The number of fused-ring (bicyclic) bond motifs is 3. The van der Waals surface area contributed by atoms with Crippen LogP contribution in [-0.2, 0) is 12.8 Å². The second kappa shape index (κ2) is 5.50. The third kappa shape index (κ3) is 2.01. The highest BCUT2D eigenvalue weighted by molar-refractivity contribution is 5.31. The number of aliphatic hydroxyl groups is 1. The minimum atomic E-state index is 0.155. The van der Waals surface area contributed by atoms with Gasteiger partial charge in [-0.1, -0.05) is 31.2 Å². The molecule has 1 aromatic carbocycles. The van der Waals surface area contributed by atoms with E-state index in [0.717, 1.165) is 25.7 Å². The van der Waals surface area contributed by atoms with E-state index in [1.807, 2.05) is 0 Å². The summed E-state index contributed by atoms with van der Waals surface area (Å²) < 4.78 is 0. The van der Waals surface area contributed by atoms with E-state index in [-0.39, 0.29) is 18.1 Å². The molecule has 3 N–H and O–H groups in total. The molecule has 3 rings (SSSR count). The Morgan fingerprint density at radius 1 is 1.20 bits per heavy atom. The van der Waals surface area contributed by atoms with Crippen LogP contribution in [0.25, 0.3) is 0 Å². The quantitative estimate of drug-likeness (QED) is 0.886. The van der Waals surface area contributed by atoms with Crippen LogP contribution in [0.4, 0.5) is 0 Å². The smallest absolute Gasteiger partial charge is 0.0437 e. The van der Waals surface area contributed by atoms with Crippen molar-refractivity contribution in [3.63, 3.8) is 0 Å². The van der Waals surface area contributed by atoms with Gasteiger partial charge in [-0.2, -0.15) is 0 Å². The zero-order valence-corrected chi connectivity index (χ0v) is 12.5. The fourth-order valence-electron chi connectivity index (χ4n) is 5.12. The van der Waals surface area contributed by atoms with Gasteiger partial charge >= 0.3 is 0 Å². The van der Waals surface area contributed by atoms with Crippen molar-refractivity contribution in [2.45, 2.75) is 51.5 Å². The maximum absolute atomic E-state index is 9.64. The largest absolute Gasteiger partial charge is 0.396 e. The topological polar surface area (TPSA) is 46.2 Å². The van der Waals surface area contributed by atoms with E-state index in [0.29, 0.717) is 11.8 Å². The van der Waals surface area contributed by atoms with Crippen LogP contribution >= 0.6 is 0 Å². The normalized spacial score (nSPS) is 33.5. The number of hydrogen-bond acceptors (Lipinski definition) is 2. The molecule has 0 aliphatic heterocycles. The maximum Gasteiger partial charge on any atom is 0.0437 e. The predicted octanol–water partition coefficient (Wildman–Crippen LogP) is 2.92. The highest BCUT2D eigenvalue weighted by Crippen LogP contribution is 2.56. The van der Waals surface area contributed by atoms with E-state index < -0.39 is 0 Å². The molecular weight excluding hydrogens is 246 g/mol. The molecular formula is C18H27NO. The molecule has 0 saturated heterocycles. The molecule has 2 nitrogen and oxygen atoms in total. The molecule has 20 heavy (non-hydrogen) atoms. The summed E-state index contributed by atoms with van der Waals surface area (Å²) in [7, 11) is 0. The Morgan fingerprint density at radius 2 is 1.75 bits per heavy atom. The zero-order chi connectivity index (χ0) is 14.2. The highest BCUT2D eigenvalue weighted by Gasteiger charge is 2.53. The van der Waals surface area contributed by atoms with Crippen LogP contribution in [0.1, 0.15) is 43.7 Å². The molecule has 0 radical (unpaired) electrons.